The van der Waals surface area contributed by atoms with Gasteiger partial charge in [0.25, 0.3) is 0 Å². The van der Waals surface area contributed by atoms with E-state index in [0.717, 1.165) is 22.9 Å². The summed E-state index contributed by atoms with van der Waals surface area (Å²) >= 11 is 1.09. The van der Waals surface area contributed by atoms with Gasteiger partial charge in [-0.2, -0.15) is 11.8 Å². The highest BCUT2D eigenvalue weighted by Crippen LogP contribution is 2.13. The first kappa shape index (κ1) is 37.9. The largest absolute Gasteiger partial charge is 0.459 e. The SMILES string of the molecule is C[C@H](NC(=O)[C@H](CSC[C@H](NC(=O)OC(C)(C)C)C(=O)OCc1ccccc1)NC(=O)OC(C)(C)C)C(=O)OCc1ccccc1. The summed E-state index contributed by atoms with van der Waals surface area (Å²) in [4.78, 5) is 64.0. The molecule has 0 aliphatic rings. The molecule has 46 heavy (non-hydrogen) atoms. The second-order valence-electron chi connectivity index (χ2n) is 12.4. The second kappa shape index (κ2) is 18.0. The molecule has 12 nitrogen and oxygen atoms in total. The van der Waals surface area contributed by atoms with Gasteiger partial charge in [-0.1, -0.05) is 60.7 Å². The number of rotatable bonds is 14. The van der Waals surface area contributed by atoms with E-state index in [1.165, 1.54) is 6.92 Å². The van der Waals surface area contributed by atoms with Crippen LogP contribution in [0.25, 0.3) is 0 Å². The fourth-order valence-corrected chi connectivity index (χ4v) is 4.67. The van der Waals surface area contributed by atoms with Crippen molar-refractivity contribution in [3.63, 3.8) is 0 Å². The van der Waals surface area contributed by atoms with Crippen molar-refractivity contribution < 1.29 is 42.9 Å². The Balaban J connectivity index is 2.09. The predicted molar refractivity (Wildman–Crippen MR) is 174 cm³/mol. The zero-order chi connectivity index (χ0) is 34.3. The predicted octanol–water partition coefficient (Wildman–Crippen LogP) is 4.50. The first-order valence-electron chi connectivity index (χ1n) is 14.8. The van der Waals surface area contributed by atoms with Crippen molar-refractivity contribution in [1.82, 2.24) is 16.0 Å². The normalized spacial score (nSPS) is 13.3. The monoisotopic (exact) mass is 659 g/mol. The number of amides is 3. The molecular formula is C33H45N3O9S. The van der Waals surface area contributed by atoms with Crippen LogP contribution in [0.5, 0.6) is 0 Å². The zero-order valence-electron chi connectivity index (χ0n) is 27.4. The van der Waals surface area contributed by atoms with Gasteiger partial charge in [0.05, 0.1) is 0 Å². The van der Waals surface area contributed by atoms with Gasteiger partial charge in [-0.25, -0.2) is 19.2 Å². The Labute approximate surface area is 274 Å². The maximum atomic E-state index is 13.3. The number of carbonyl (C=O) groups is 5. The number of alkyl carbamates (subject to hydrolysis) is 2. The molecule has 2 aromatic carbocycles. The van der Waals surface area contributed by atoms with Crippen molar-refractivity contribution in [2.75, 3.05) is 11.5 Å². The van der Waals surface area contributed by atoms with Crippen molar-refractivity contribution in [2.45, 2.75) is 91.0 Å². The van der Waals surface area contributed by atoms with Crippen LogP contribution in [0, 0.1) is 0 Å². The molecular weight excluding hydrogens is 614 g/mol. The van der Waals surface area contributed by atoms with E-state index >= 15 is 0 Å². The maximum absolute atomic E-state index is 13.3. The molecule has 252 valence electrons. The van der Waals surface area contributed by atoms with Crippen LogP contribution in [0.15, 0.2) is 60.7 Å². The molecule has 2 aromatic rings. The molecule has 3 amide bonds. The van der Waals surface area contributed by atoms with E-state index in [0.29, 0.717) is 0 Å². The molecule has 0 saturated heterocycles. The topological polar surface area (TPSA) is 158 Å². The van der Waals surface area contributed by atoms with Gasteiger partial charge in [-0.3, -0.25) is 4.79 Å². The van der Waals surface area contributed by atoms with E-state index in [1.54, 1.807) is 65.8 Å². The third-order valence-electron chi connectivity index (χ3n) is 5.71. The van der Waals surface area contributed by atoms with Gasteiger partial charge in [-0.05, 0) is 59.6 Å². The van der Waals surface area contributed by atoms with Crippen LogP contribution in [0.1, 0.15) is 59.6 Å². The molecule has 0 spiro atoms. The fourth-order valence-electron chi connectivity index (χ4n) is 3.61. The fraction of sp³-hybridized carbons (Fsp3) is 0.485. The van der Waals surface area contributed by atoms with Crippen LogP contribution in [0.3, 0.4) is 0 Å². The molecule has 0 aliphatic heterocycles. The number of nitrogens with one attached hydrogen (secondary N) is 3. The molecule has 0 unspecified atom stereocenters. The average molecular weight is 660 g/mol. The minimum atomic E-state index is -1.17. The van der Waals surface area contributed by atoms with Crippen molar-refractivity contribution in [3.8, 4) is 0 Å². The highest BCUT2D eigenvalue weighted by atomic mass is 32.2. The van der Waals surface area contributed by atoms with Crippen molar-refractivity contribution >= 4 is 41.8 Å². The summed E-state index contributed by atoms with van der Waals surface area (Å²) in [6.07, 6.45) is -1.67. The first-order valence-corrected chi connectivity index (χ1v) is 16.0. The van der Waals surface area contributed by atoms with Crippen LogP contribution in [0.4, 0.5) is 9.59 Å². The van der Waals surface area contributed by atoms with Crippen LogP contribution >= 0.6 is 11.8 Å². The Kier molecular flexibility index (Phi) is 14.9. The van der Waals surface area contributed by atoms with E-state index in [9.17, 15) is 24.0 Å². The molecule has 3 N–H and O–H groups in total. The van der Waals surface area contributed by atoms with E-state index in [4.69, 9.17) is 18.9 Å². The Morgan fingerprint density at radius 1 is 0.630 bits per heavy atom. The summed E-state index contributed by atoms with van der Waals surface area (Å²) in [6.45, 7) is 11.6. The minimum absolute atomic E-state index is 0.0136. The van der Waals surface area contributed by atoms with Gasteiger partial charge in [0.2, 0.25) is 5.91 Å². The number of ether oxygens (including phenoxy) is 4. The Morgan fingerprint density at radius 3 is 1.50 bits per heavy atom. The first-order chi connectivity index (χ1) is 21.5. The van der Waals surface area contributed by atoms with Gasteiger partial charge in [0.1, 0.15) is 42.5 Å². The quantitative estimate of drug-likeness (QED) is 0.195. The lowest BCUT2D eigenvalue weighted by molar-refractivity contribution is -0.148. The number of thioether (sulfide) groups is 1. The maximum Gasteiger partial charge on any atom is 0.408 e. The lowest BCUT2D eigenvalue weighted by Crippen LogP contribution is -2.53. The molecule has 0 bridgehead atoms. The third-order valence-corrected chi connectivity index (χ3v) is 6.85. The Morgan fingerprint density at radius 2 is 1.04 bits per heavy atom. The number of carbonyl (C=O) groups excluding carboxylic acids is 5. The standard InChI is InChI=1S/C33H45N3O9S/c1-22(28(38)42-18-23-14-10-8-11-15-23)34-27(37)25(35-30(40)44-32(2,3)4)20-46-21-26(36-31(41)45-33(5,6)7)29(39)43-19-24-16-12-9-13-17-24/h8-17,22,25-26H,18-21H2,1-7H3,(H,34,37)(H,35,40)(H,36,41)/t22-,25-,26-/m0/s1. The molecule has 0 fully saturated rings. The van der Waals surface area contributed by atoms with Crippen LogP contribution < -0.4 is 16.0 Å². The summed E-state index contributed by atoms with van der Waals surface area (Å²) in [7, 11) is 0. The number of esters is 2. The van der Waals surface area contributed by atoms with E-state index < -0.39 is 59.4 Å². The van der Waals surface area contributed by atoms with E-state index in [1.807, 2.05) is 36.4 Å². The van der Waals surface area contributed by atoms with Crippen molar-refractivity contribution in [1.29, 1.82) is 0 Å². The molecule has 3 atom stereocenters. The highest BCUT2D eigenvalue weighted by Gasteiger charge is 2.30. The van der Waals surface area contributed by atoms with E-state index in [-0.39, 0.29) is 24.7 Å². The summed E-state index contributed by atoms with van der Waals surface area (Å²) in [6, 6.07) is 14.8. The lowest BCUT2D eigenvalue weighted by atomic mass is 10.2. The number of benzene rings is 2. The van der Waals surface area contributed by atoms with Gasteiger partial charge in [0, 0.05) is 11.5 Å². The lowest BCUT2D eigenvalue weighted by Gasteiger charge is -2.25. The Hall–Kier alpha value is -4.26. The molecule has 0 aliphatic carbocycles. The Bertz CT molecular complexity index is 1290. The molecule has 0 aromatic heterocycles. The number of hydrogen-bond acceptors (Lipinski definition) is 10. The van der Waals surface area contributed by atoms with E-state index in [2.05, 4.69) is 16.0 Å². The molecule has 2 rings (SSSR count). The van der Waals surface area contributed by atoms with Gasteiger partial charge < -0.3 is 34.9 Å². The van der Waals surface area contributed by atoms with Gasteiger partial charge in [0.15, 0.2) is 0 Å². The minimum Gasteiger partial charge on any atom is -0.459 e. The number of hydrogen-bond donors (Lipinski definition) is 3. The second-order valence-corrected chi connectivity index (χ2v) is 13.4. The smallest absolute Gasteiger partial charge is 0.408 e. The van der Waals surface area contributed by atoms with Crippen LogP contribution in [-0.2, 0) is 46.5 Å². The zero-order valence-corrected chi connectivity index (χ0v) is 28.2. The molecule has 0 saturated carbocycles. The summed E-state index contributed by atoms with van der Waals surface area (Å²) in [5.74, 6) is -2.12. The molecule has 0 radical (unpaired) electrons. The average Bonchev–Trinajstić information content (AvgIpc) is 2.96. The molecule has 13 heteroatoms. The summed E-state index contributed by atoms with van der Waals surface area (Å²) < 4.78 is 21.4. The molecule has 0 heterocycles. The summed E-state index contributed by atoms with van der Waals surface area (Å²) in [5.41, 5.74) is -0.103. The third kappa shape index (κ3) is 15.6. The van der Waals surface area contributed by atoms with Gasteiger partial charge in [-0.15, -0.1) is 0 Å². The van der Waals surface area contributed by atoms with Gasteiger partial charge >= 0.3 is 24.1 Å². The highest BCUT2D eigenvalue weighted by molar-refractivity contribution is 7.99. The van der Waals surface area contributed by atoms with Crippen molar-refractivity contribution in [2.24, 2.45) is 0 Å². The van der Waals surface area contributed by atoms with Crippen LogP contribution in [0.2, 0.25) is 0 Å². The van der Waals surface area contributed by atoms with Crippen molar-refractivity contribution in [3.05, 3.63) is 71.8 Å². The van der Waals surface area contributed by atoms with Crippen LogP contribution in [-0.4, -0.2) is 70.9 Å². The summed E-state index contributed by atoms with van der Waals surface area (Å²) in [5, 5.41) is 7.61.